The van der Waals surface area contributed by atoms with Gasteiger partial charge in [0.1, 0.15) is 12.5 Å². The first kappa shape index (κ1) is 10.4. The molecule has 0 aromatic rings. The summed E-state index contributed by atoms with van der Waals surface area (Å²) in [5.74, 6) is 0.0859. The topological polar surface area (TPSA) is 47.9 Å². The molecular weight excluding hydrogens is 208 g/mol. The lowest BCUT2D eigenvalue weighted by Gasteiger charge is -2.45. The molecule has 0 saturated heterocycles. The molecule has 0 aromatic heterocycles. The van der Waals surface area contributed by atoms with Gasteiger partial charge in [-0.3, -0.25) is 0 Å². The Morgan fingerprint density at radius 3 is 2.31 bits per heavy atom. The summed E-state index contributed by atoms with van der Waals surface area (Å²) in [5, 5.41) is 10.4. The summed E-state index contributed by atoms with van der Waals surface area (Å²) in [7, 11) is 1.63. The molecule has 16 heavy (non-hydrogen) atoms. The summed E-state index contributed by atoms with van der Waals surface area (Å²) in [6.45, 7) is 0.406. The fourth-order valence-corrected chi connectivity index (χ4v) is 3.69. The van der Waals surface area contributed by atoms with Gasteiger partial charge in [-0.2, -0.15) is 0 Å². The highest BCUT2D eigenvalue weighted by molar-refractivity contribution is 5.07. The third-order valence-electron chi connectivity index (χ3n) is 4.23. The maximum absolute atomic E-state index is 10.4. The summed E-state index contributed by atoms with van der Waals surface area (Å²) >= 11 is 0. The van der Waals surface area contributed by atoms with Gasteiger partial charge in [0.05, 0.1) is 12.2 Å². The molecule has 2 fully saturated rings. The van der Waals surface area contributed by atoms with Crippen LogP contribution in [0.2, 0.25) is 0 Å². The first-order valence-electron chi connectivity index (χ1n) is 5.90. The Kier molecular flexibility index (Phi) is 2.20. The van der Waals surface area contributed by atoms with Crippen molar-refractivity contribution in [2.45, 2.75) is 37.1 Å². The van der Waals surface area contributed by atoms with Crippen LogP contribution in [0.15, 0.2) is 12.5 Å². The van der Waals surface area contributed by atoms with Crippen LogP contribution in [0.4, 0.5) is 0 Å². The third kappa shape index (κ3) is 1.29. The number of methoxy groups -OCH3 is 1. The van der Waals surface area contributed by atoms with E-state index in [9.17, 15) is 5.11 Å². The van der Waals surface area contributed by atoms with Crippen molar-refractivity contribution in [1.82, 2.24) is 0 Å². The molecule has 90 valence electrons. The minimum Gasteiger partial charge on any atom is -0.456 e. The Labute approximate surface area is 95.2 Å². The highest BCUT2D eigenvalue weighted by atomic mass is 16.7. The van der Waals surface area contributed by atoms with Gasteiger partial charge in [-0.25, -0.2) is 0 Å². The maximum Gasteiger partial charge on any atom is 0.255 e. The van der Waals surface area contributed by atoms with Crippen LogP contribution < -0.4 is 0 Å². The van der Waals surface area contributed by atoms with E-state index in [1.54, 1.807) is 19.6 Å². The summed E-state index contributed by atoms with van der Waals surface area (Å²) in [6, 6.07) is 0. The molecule has 2 bridgehead atoms. The molecule has 2 aliphatic carbocycles. The highest BCUT2D eigenvalue weighted by Crippen LogP contribution is 2.56. The van der Waals surface area contributed by atoms with Crippen LogP contribution in [0.1, 0.15) is 25.7 Å². The summed E-state index contributed by atoms with van der Waals surface area (Å²) in [4.78, 5) is 0. The van der Waals surface area contributed by atoms with Crippen LogP contribution in [0.5, 0.6) is 0 Å². The van der Waals surface area contributed by atoms with Gasteiger partial charge in [0.2, 0.25) is 0 Å². The number of rotatable bonds is 2. The smallest absolute Gasteiger partial charge is 0.255 e. The van der Waals surface area contributed by atoms with Crippen molar-refractivity contribution in [2.75, 3.05) is 13.7 Å². The van der Waals surface area contributed by atoms with Crippen molar-refractivity contribution >= 4 is 0 Å². The minimum absolute atomic E-state index is 0.279. The molecule has 1 heterocycles. The highest BCUT2D eigenvalue weighted by Gasteiger charge is 2.62. The SMILES string of the molecule is COCC1(O)C[C@H]2CC[C@@H](C1)C21OC=CO1. The maximum atomic E-state index is 10.4. The van der Waals surface area contributed by atoms with Crippen LogP contribution in [0, 0.1) is 11.8 Å². The van der Waals surface area contributed by atoms with E-state index in [4.69, 9.17) is 14.2 Å². The monoisotopic (exact) mass is 226 g/mol. The number of hydrogen-bond donors (Lipinski definition) is 1. The van der Waals surface area contributed by atoms with E-state index in [2.05, 4.69) is 0 Å². The van der Waals surface area contributed by atoms with E-state index in [0.717, 1.165) is 12.8 Å². The van der Waals surface area contributed by atoms with E-state index >= 15 is 0 Å². The first-order chi connectivity index (χ1) is 7.69. The van der Waals surface area contributed by atoms with Gasteiger partial charge >= 0.3 is 0 Å². The fraction of sp³-hybridized carbons (Fsp3) is 0.833. The molecule has 3 aliphatic rings. The van der Waals surface area contributed by atoms with Crippen molar-refractivity contribution in [2.24, 2.45) is 11.8 Å². The van der Waals surface area contributed by atoms with E-state index in [1.807, 2.05) is 0 Å². The van der Waals surface area contributed by atoms with Crippen molar-refractivity contribution in [3.8, 4) is 0 Å². The molecule has 1 spiro atoms. The first-order valence-corrected chi connectivity index (χ1v) is 5.90. The fourth-order valence-electron chi connectivity index (χ4n) is 3.69. The lowest BCUT2D eigenvalue weighted by atomic mass is 9.73. The van der Waals surface area contributed by atoms with Crippen LogP contribution in [-0.4, -0.2) is 30.2 Å². The van der Waals surface area contributed by atoms with E-state index in [-0.39, 0.29) is 11.8 Å². The van der Waals surface area contributed by atoms with E-state index in [1.165, 1.54) is 0 Å². The number of hydrogen-bond acceptors (Lipinski definition) is 4. The average molecular weight is 226 g/mol. The second-order valence-electron chi connectivity index (χ2n) is 5.27. The van der Waals surface area contributed by atoms with Crippen molar-refractivity contribution < 1.29 is 19.3 Å². The molecule has 0 radical (unpaired) electrons. The molecule has 1 N–H and O–H groups in total. The zero-order chi connectivity index (χ0) is 11.2. The molecule has 1 unspecified atom stereocenters. The van der Waals surface area contributed by atoms with Crippen LogP contribution in [0.3, 0.4) is 0 Å². The van der Waals surface area contributed by atoms with Crippen molar-refractivity contribution in [1.29, 1.82) is 0 Å². The van der Waals surface area contributed by atoms with Gasteiger partial charge in [-0.15, -0.1) is 0 Å². The van der Waals surface area contributed by atoms with Gasteiger partial charge in [0, 0.05) is 18.9 Å². The zero-order valence-corrected chi connectivity index (χ0v) is 9.52. The molecule has 4 heteroatoms. The summed E-state index contributed by atoms with van der Waals surface area (Å²) in [6.07, 6.45) is 6.81. The molecule has 2 saturated carbocycles. The summed E-state index contributed by atoms with van der Waals surface area (Å²) < 4.78 is 16.5. The Morgan fingerprint density at radius 2 is 1.81 bits per heavy atom. The van der Waals surface area contributed by atoms with Crippen molar-refractivity contribution in [3.63, 3.8) is 0 Å². The molecule has 3 atom stereocenters. The van der Waals surface area contributed by atoms with Gasteiger partial charge in [-0.05, 0) is 25.7 Å². The Hall–Kier alpha value is -0.740. The van der Waals surface area contributed by atoms with Gasteiger partial charge in [0.15, 0.2) is 0 Å². The molecule has 4 nitrogen and oxygen atoms in total. The number of aliphatic hydroxyl groups is 1. The average Bonchev–Trinajstić information content (AvgIpc) is 2.78. The van der Waals surface area contributed by atoms with Gasteiger partial charge in [0.25, 0.3) is 5.79 Å². The molecule has 3 rings (SSSR count). The zero-order valence-electron chi connectivity index (χ0n) is 9.52. The largest absolute Gasteiger partial charge is 0.456 e. The quantitative estimate of drug-likeness (QED) is 0.773. The molecular formula is C12H18O4. The van der Waals surface area contributed by atoms with Gasteiger partial charge in [-0.1, -0.05) is 0 Å². The molecule has 0 amide bonds. The summed E-state index contributed by atoms with van der Waals surface area (Å²) in [5.41, 5.74) is -0.693. The Morgan fingerprint density at radius 1 is 1.25 bits per heavy atom. The third-order valence-corrected chi connectivity index (χ3v) is 4.23. The van der Waals surface area contributed by atoms with Gasteiger partial charge < -0.3 is 19.3 Å². The minimum atomic E-state index is -0.693. The van der Waals surface area contributed by atoms with Crippen molar-refractivity contribution in [3.05, 3.63) is 12.5 Å². The Balaban J connectivity index is 1.81. The number of ether oxygens (including phenoxy) is 3. The Bertz CT molecular complexity index is 288. The molecule has 1 aliphatic heterocycles. The lowest BCUT2D eigenvalue weighted by Crippen LogP contribution is -2.53. The van der Waals surface area contributed by atoms with Crippen LogP contribution >= 0.6 is 0 Å². The lowest BCUT2D eigenvalue weighted by molar-refractivity contribution is -0.243. The predicted octanol–water partition coefficient (Wildman–Crippen LogP) is 1.40. The standard InChI is InChI=1S/C12H18O4/c1-14-8-11(13)6-9-2-3-10(7-11)12(9)15-4-5-16-12/h4-5,9-10,13H,2-3,6-8H2,1H3/t9-,10+,11?. The second kappa shape index (κ2) is 3.37. The normalized spacial score (nSPS) is 43.4. The molecule has 0 aromatic carbocycles. The predicted molar refractivity (Wildman–Crippen MR) is 56.3 cm³/mol. The second-order valence-corrected chi connectivity index (χ2v) is 5.27. The van der Waals surface area contributed by atoms with E-state index < -0.39 is 11.4 Å². The van der Waals surface area contributed by atoms with Crippen LogP contribution in [-0.2, 0) is 14.2 Å². The van der Waals surface area contributed by atoms with E-state index in [0.29, 0.717) is 19.4 Å². The van der Waals surface area contributed by atoms with Crippen LogP contribution in [0.25, 0.3) is 0 Å².